The van der Waals surface area contributed by atoms with E-state index in [0.29, 0.717) is 35.9 Å². The molecule has 4 rings (SSSR count). The van der Waals surface area contributed by atoms with Gasteiger partial charge in [-0.25, -0.2) is 4.98 Å². The molecule has 7 nitrogen and oxygen atoms in total. The van der Waals surface area contributed by atoms with Crippen LogP contribution in [0.5, 0.6) is 0 Å². The Morgan fingerprint density at radius 1 is 1.29 bits per heavy atom. The molecule has 0 atom stereocenters. The summed E-state index contributed by atoms with van der Waals surface area (Å²) in [6.45, 7) is 0.378. The number of aromatic nitrogens is 2. The number of benzene rings is 1. The van der Waals surface area contributed by atoms with Crippen LogP contribution in [0, 0.1) is 0 Å². The predicted molar refractivity (Wildman–Crippen MR) is 125 cm³/mol. The van der Waals surface area contributed by atoms with E-state index >= 15 is 0 Å². The van der Waals surface area contributed by atoms with Gasteiger partial charge in [0.25, 0.3) is 11.5 Å². The minimum absolute atomic E-state index is 0.0447. The normalized spacial score (nSPS) is 12.7. The molecular weight excluding hydrogens is 432 g/mol. The number of amides is 2. The first kappa shape index (κ1) is 21.6. The minimum atomic E-state index is -0.151. The van der Waals surface area contributed by atoms with Crippen LogP contribution in [-0.2, 0) is 29.9 Å². The van der Waals surface area contributed by atoms with Crippen molar-refractivity contribution < 1.29 is 9.59 Å². The summed E-state index contributed by atoms with van der Waals surface area (Å²) in [6.07, 6.45) is 3.51. The molecule has 0 spiro atoms. The van der Waals surface area contributed by atoms with Gasteiger partial charge in [0, 0.05) is 36.2 Å². The summed E-state index contributed by atoms with van der Waals surface area (Å²) in [5, 5.41) is 6.24. The molecule has 0 radical (unpaired) electrons. The molecule has 0 saturated carbocycles. The molecule has 0 fully saturated rings. The summed E-state index contributed by atoms with van der Waals surface area (Å²) < 4.78 is 0. The lowest BCUT2D eigenvalue weighted by molar-refractivity contribution is -0.120. The highest BCUT2D eigenvalue weighted by molar-refractivity contribution is 7.98. The largest absolute Gasteiger partial charge is 0.355 e. The minimum Gasteiger partial charge on any atom is -0.355 e. The lowest BCUT2D eigenvalue weighted by Gasteiger charge is -2.07. The zero-order valence-electron chi connectivity index (χ0n) is 17.2. The number of hydrogen-bond donors (Lipinski definition) is 3. The second-order valence-corrected chi connectivity index (χ2v) is 9.60. The fourth-order valence-corrected chi connectivity index (χ4v) is 5.79. The summed E-state index contributed by atoms with van der Waals surface area (Å²) in [5.74, 6) is 1.65. The van der Waals surface area contributed by atoms with Gasteiger partial charge in [-0.05, 0) is 42.5 Å². The molecule has 2 aromatic heterocycles. The summed E-state index contributed by atoms with van der Waals surface area (Å²) in [5.41, 5.74) is 2.58. The average Bonchev–Trinajstić information content (AvgIpc) is 3.36. The molecule has 1 aromatic carbocycles. The van der Waals surface area contributed by atoms with Crippen molar-refractivity contribution in [2.45, 2.75) is 38.0 Å². The van der Waals surface area contributed by atoms with Crippen molar-refractivity contribution in [1.29, 1.82) is 0 Å². The Kier molecular flexibility index (Phi) is 6.72. The average molecular weight is 457 g/mol. The number of thiophene rings is 1. The number of nitrogens with one attached hydrogen (secondary N) is 3. The van der Waals surface area contributed by atoms with Crippen molar-refractivity contribution in [1.82, 2.24) is 20.6 Å². The van der Waals surface area contributed by atoms with Gasteiger partial charge in [-0.3, -0.25) is 14.4 Å². The Hall–Kier alpha value is -2.65. The molecule has 2 heterocycles. The lowest BCUT2D eigenvalue weighted by atomic mass is 10.1. The van der Waals surface area contributed by atoms with Crippen molar-refractivity contribution >= 4 is 45.1 Å². The Balaban J connectivity index is 1.24. The van der Waals surface area contributed by atoms with E-state index in [1.807, 2.05) is 6.07 Å². The third-order valence-electron chi connectivity index (χ3n) is 5.24. The van der Waals surface area contributed by atoms with E-state index in [2.05, 4.69) is 20.6 Å². The highest BCUT2D eigenvalue weighted by Gasteiger charge is 2.21. The van der Waals surface area contributed by atoms with Crippen LogP contribution in [-0.4, -0.2) is 34.6 Å². The fraction of sp³-hybridized carbons (Fsp3) is 0.364. The first-order valence-corrected chi connectivity index (χ1v) is 12.2. The van der Waals surface area contributed by atoms with Gasteiger partial charge in [-0.2, -0.15) is 11.8 Å². The van der Waals surface area contributed by atoms with Gasteiger partial charge in [0.1, 0.15) is 10.7 Å². The van der Waals surface area contributed by atoms with Crippen LogP contribution in [0.1, 0.15) is 45.0 Å². The third-order valence-corrected chi connectivity index (χ3v) is 7.40. The van der Waals surface area contributed by atoms with Crippen molar-refractivity contribution in [3.05, 3.63) is 62.0 Å². The highest BCUT2D eigenvalue weighted by Crippen LogP contribution is 2.34. The number of H-pyrrole nitrogens is 1. The van der Waals surface area contributed by atoms with Crippen molar-refractivity contribution in [3.8, 4) is 0 Å². The van der Waals surface area contributed by atoms with E-state index in [-0.39, 0.29) is 17.4 Å². The van der Waals surface area contributed by atoms with Gasteiger partial charge in [-0.1, -0.05) is 12.1 Å². The van der Waals surface area contributed by atoms with Crippen LogP contribution >= 0.6 is 23.1 Å². The number of carbonyl (C=O) groups excluding carboxylic acids is 2. The van der Waals surface area contributed by atoms with Crippen LogP contribution < -0.4 is 16.2 Å². The van der Waals surface area contributed by atoms with Gasteiger partial charge < -0.3 is 15.6 Å². The van der Waals surface area contributed by atoms with Crippen LogP contribution in [0.25, 0.3) is 10.2 Å². The molecule has 31 heavy (non-hydrogen) atoms. The van der Waals surface area contributed by atoms with Gasteiger partial charge in [0.2, 0.25) is 5.91 Å². The molecule has 1 aliphatic carbocycles. The highest BCUT2D eigenvalue weighted by atomic mass is 32.2. The van der Waals surface area contributed by atoms with E-state index in [9.17, 15) is 14.4 Å². The number of aryl methyl sites for hydroxylation is 2. The van der Waals surface area contributed by atoms with Crippen molar-refractivity contribution in [3.63, 3.8) is 0 Å². The molecule has 0 saturated heterocycles. The zero-order chi connectivity index (χ0) is 21.8. The monoisotopic (exact) mass is 456 g/mol. The van der Waals surface area contributed by atoms with Gasteiger partial charge in [0.05, 0.1) is 11.1 Å². The molecule has 1 aliphatic rings. The van der Waals surface area contributed by atoms with Gasteiger partial charge in [-0.15, -0.1) is 11.3 Å². The number of aromatic amines is 1. The molecule has 9 heteroatoms. The van der Waals surface area contributed by atoms with Crippen LogP contribution in [0.15, 0.2) is 29.1 Å². The molecule has 3 aromatic rings. The third kappa shape index (κ3) is 4.99. The molecule has 3 N–H and O–H groups in total. The Morgan fingerprint density at radius 2 is 2.16 bits per heavy atom. The van der Waals surface area contributed by atoms with E-state index < -0.39 is 0 Å². The second kappa shape index (κ2) is 9.65. The summed E-state index contributed by atoms with van der Waals surface area (Å²) in [6, 6.07) is 7.18. The number of carbonyl (C=O) groups is 2. The lowest BCUT2D eigenvalue weighted by Crippen LogP contribution is -2.23. The standard InChI is InChI=1S/C22H24N4O3S2/c1-23-20(28)14-5-2-4-13(10-14)11-24-18(27)8-9-30-12-17-25-21(29)19-15-6-3-7-16(15)31-22(19)26-17/h2,4-5,10H,3,6-9,11-12H2,1H3,(H,23,28)(H,24,27)(H,25,26,29). The van der Waals surface area contributed by atoms with Gasteiger partial charge >= 0.3 is 0 Å². The van der Waals surface area contributed by atoms with E-state index in [4.69, 9.17) is 0 Å². The summed E-state index contributed by atoms with van der Waals surface area (Å²) in [7, 11) is 1.59. The van der Waals surface area contributed by atoms with E-state index in [0.717, 1.165) is 35.0 Å². The predicted octanol–water partition coefficient (Wildman–Crippen LogP) is 2.77. The molecule has 0 aliphatic heterocycles. The SMILES string of the molecule is CNC(=O)c1cccc(CNC(=O)CCSCc2nc3sc4c(c3c(=O)[nH]2)CCC4)c1. The molecule has 162 valence electrons. The smallest absolute Gasteiger partial charge is 0.259 e. The Bertz CT molecular complexity index is 1190. The number of thioether (sulfide) groups is 1. The molecule has 2 amide bonds. The summed E-state index contributed by atoms with van der Waals surface area (Å²) >= 11 is 3.21. The number of fused-ring (bicyclic) bond motifs is 3. The molecular formula is C22H24N4O3S2. The molecule has 0 bridgehead atoms. The van der Waals surface area contributed by atoms with E-state index in [1.54, 1.807) is 48.3 Å². The zero-order valence-corrected chi connectivity index (χ0v) is 18.9. The fourth-order valence-electron chi connectivity index (χ4n) is 3.70. The summed E-state index contributed by atoms with van der Waals surface area (Å²) in [4.78, 5) is 46.0. The maximum atomic E-state index is 12.5. The second-order valence-electron chi connectivity index (χ2n) is 7.41. The Morgan fingerprint density at radius 3 is 3.00 bits per heavy atom. The first-order valence-electron chi connectivity index (χ1n) is 10.2. The van der Waals surface area contributed by atoms with Crippen LogP contribution in [0.3, 0.4) is 0 Å². The van der Waals surface area contributed by atoms with Crippen molar-refractivity contribution in [2.75, 3.05) is 12.8 Å². The number of hydrogen-bond acceptors (Lipinski definition) is 6. The van der Waals surface area contributed by atoms with Crippen LogP contribution in [0.4, 0.5) is 0 Å². The number of nitrogens with zero attached hydrogens (tertiary/aromatic N) is 1. The molecule has 0 unspecified atom stereocenters. The number of rotatable bonds is 8. The van der Waals surface area contributed by atoms with E-state index in [1.165, 1.54) is 10.4 Å². The topological polar surface area (TPSA) is 104 Å². The quantitative estimate of drug-likeness (QED) is 0.452. The maximum absolute atomic E-state index is 12.5. The van der Waals surface area contributed by atoms with Gasteiger partial charge in [0.15, 0.2) is 0 Å². The van der Waals surface area contributed by atoms with Crippen molar-refractivity contribution in [2.24, 2.45) is 0 Å². The Labute approximate surface area is 188 Å². The maximum Gasteiger partial charge on any atom is 0.259 e. The first-order chi connectivity index (χ1) is 15.0. The van der Waals surface area contributed by atoms with Crippen LogP contribution in [0.2, 0.25) is 0 Å².